The molecular weight excluding hydrogens is 268 g/mol. The van der Waals surface area contributed by atoms with Crippen LogP contribution < -0.4 is 5.32 Å². The van der Waals surface area contributed by atoms with Crippen molar-refractivity contribution in [3.63, 3.8) is 0 Å². The molecule has 1 fully saturated rings. The number of anilines is 1. The summed E-state index contributed by atoms with van der Waals surface area (Å²) < 4.78 is 10.1. The van der Waals surface area contributed by atoms with Gasteiger partial charge in [-0.25, -0.2) is 4.79 Å². The Morgan fingerprint density at radius 2 is 2.00 bits per heavy atom. The first-order valence-electron chi connectivity index (χ1n) is 7.46. The van der Waals surface area contributed by atoms with Gasteiger partial charge in [-0.1, -0.05) is 19.1 Å². The zero-order chi connectivity index (χ0) is 15.1. The van der Waals surface area contributed by atoms with Crippen molar-refractivity contribution < 1.29 is 14.3 Å². The lowest BCUT2D eigenvalue weighted by molar-refractivity contribution is -0.141. The van der Waals surface area contributed by atoms with Crippen LogP contribution in [0.1, 0.15) is 18.9 Å². The SMILES string of the molecule is CCC(Nc1ccc(CN2CCOCC2)cc1)C(=O)OC. The average molecular weight is 292 g/mol. The van der Waals surface area contributed by atoms with Gasteiger partial charge in [0.15, 0.2) is 0 Å². The maximum absolute atomic E-state index is 11.6. The molecule has 1 heterocycles. The number of hydrogen-bond donors (Lipinski definition) is 1. The van der Waals surface area contributed by atoms with E-state index in [9.17, 15) is 4.79 Å². The molecule has 5 heteroatoms. The van der Waals surface area contributed by atoms with Crippen LogP contribution in [0.25, 0.3) is 0 Å². The molecule has 1 saturated heterocycles. The first-order valence-corrected chi connectivity index (χ1v) is 7.46. The molecule has 1 aliphatic heterocycles. The summed E-state index contributed by atoms with van der Waals surface area (Å²) in [6.07, 6.45) is 0.697. The lowest BCUT2D eigenvalue weighted by Crippen LogP contribution is -2.35. The molecule has 1 aromatic carbocycles. The van der Waals surface area contributed by atoms with Crippen LogP contribution in [0.15, 0.2) is 24.3 Å². The number of esters is 1. The quantitative estimate of drug-likeness (QED) is 0.811. The number of methoxy groups -OCH3 is 1. The monoisotopic (exact) mass is 292 g/mol. The zero-order valence-electron chi connectivity index (χ0n) is 12.8. The average Bonchev–Trinajstić information content (AvgIpc) is 2.54. The Morgan fingerprint density at radius 3 is 2.57 bits per heavy atom. The van der Waals surface area contributed by atoms with Crippen molar-refractivity contribution in [2.45, 2.75) is 25.9 Å². The van der Waals surface area contributed by atoms with Crippen molar-refractivity contribution in [1.29, 1.82) is 0 Å². The summed E-state index contributed by atoms with van der Waals surface area (Å²) >= 11 is 0. The van der Waals surface area contributed by atoms with E-state index in [0.29, 0.717) is 6.42 Å². The standard InChI is InChI=1S/C16H24N2O3/c1-3-15(16(19)20-2)17-14-6-4-13(5-7-14)12-18-8-10-21-11-9-18/h4-7,15,17H,3,8-12H2,1-2H3. The first kappa shape index (κ1) is 15.8. The third kappa shape index (κ3) is 4.72. The Kier molecular flexibility index (Phi) is 6.02. The van der Waals surface area contributed by atoms with Gasteiger partial charge in [-0.2, -0.15) is 0 Å². The van der Waals surface area contributed by atoms with Crippen LogP contribution in [-0.4, -0.2) is 50.3 Å². The highest BCUT2D eigenvalue weighted by molar-refractivity contribution is 5.79. The Labute approximate surface area is 126 Å². The van der Waals surface area contributed by atoms with E-state index in [-0.39, 0.29) is 12.0 Å². The van der Waals surface area contributed by atoms with E-state index in [2.05, 4.69) is 22.3 Å². The molecule has 1 unspecified atom stereocenters. The van der Waals surface area contributed by atoms with Crippen molar-refractivity contribution in [2.75, 3.05) is 38.7 Å². The van der Waals surface area contributed by atoms with Crippen LogP contribution >= 0.6 is 0 Å². The largest absolute Gasteiger partial charge is 0.467 e. The predicted molar refractivity (Wildman–Crippen MR) is 82.3 cm³/mol. The molecule has 1 atom stereocenters. The van der Waals surface area contributed by atoms with Crippen molar-refractivity contribution in [1.82, 2.24) is 4.90 Å². The van der Waals surface area contributed by atoms with Gasteiger partial charge >= 0.3 is 5.97 Å². The number of morpholine rings is 1. The summed E-state index contributed by atoms with van der Waals surface area (Å²) in [6.45, 7) is 6.51. The van der Waals surface area contributed by atoms with Gasteiger partial charge in [0.05, 0.1) is 20.3 Å². The minimum atomic E-state index is -0.292. The van der Waals surface area contributed by atoms with Crippen LogP contribution in [0.3, 0.4) is 0 Å². The molecule has 0 bridgehead atoms. The minimum Gasteiger partial charge on any atom is -0.467 e. The van der Waals surface area contributed by atoms with E-state index in [1.165, 1.54) is 12.7 Å². The van der Waals surface area contributed by atoms with Gasteiger partial charge in [0.1, 0.15) is 6.04 Å². The molecule has 21 heavy (non-hydrogen) atoms. The van der Waals surface area contributed by atoms with Crippen molar-refractivity contribution in [3.05, 3.63) is 29.8 Å². The van der Waals surface area contributed by atoms with Gasteiger partial charge in [0, 0.05) is 25.3 Å². The van der Waals surface area contributed by atoms with Gasteiger partial charge in [0.2, 0.25) is 0 Å². The molecule has 1 aromatic rings. The number of carbonyl (C=O) groups excluding carboxylic acids is 1. The van der Waals surface area contributed by atoms with Gasteiger partial charge in [-0.05, 0) is 24.1 Å². The summed E-state index contributed by atoms with van der Waals surface area (Å²) in [4.78, 5) is 14.0. The molecule has 0 aromatic heterocycles. The van der Waals surface area contributed by atoms with E-state index in [1.807, 2.05) is 19.1 Å². The van der Waals surface area contributed by atoms with Gasteiger partial charge in [-0.15, -0.1) is 0 Å². The van der Waals surface area contributed by atoms with Gasteiger partial charge < -0.3 is 14.8 Å². The maximum Gasteiger partial charge on any atom is 0.328 e. The Hall–Kier alpha value is -1.59. The van der Waals surface area contributed by atoms with Gasteiger partial charge in [0.25, 0.3) is 0 Å². The van der Waals surface area contributed by atoms with E-state index >= 15 is 0 Å². The number of carbonyl (C=O) groups is 1. The highest BCUT2D eigenvalue weighted by atomic mass is 16.5. The molecular formula is C16H24N2O3. The fourth-order valence-electron chi connectivity index (χ4n) is 2.39. The van der Waals surface area contributed by atoms with Crippen molar-refractivity contribution in [2.24, 2.45) is 0 Å². The topological polar surface area (TPSA) is 50.8 Å². The third-order valence-corrected chi connectivity index (χ3v) is 3.70. The number of hydrogen-bond acceptors (Lipinski definition) is 5. The van der Waals surface area contributed by atoms with Crippen LogP contribution in [-0.2, 0) is 20.8 Å². The molecule has 0 amide bonds. The molecule has 0 aliphatic carbocycles. The van der Waals surface area contributed by atoms with E-state index in [1.54, 1.807) is 0 Å². The van der Waals surface area contributed by atoms with E-state index < -0.39 is 0 Å². The number of nitrogens with zero attached hydrogens (tertiary/aromatic N) is 1. The Balaban J connectivity index is 1.90. The number of benzene rings is 1. The first-order chi connectivity index (χ1) is 10.2. The van der Waals surface area contributed by atoms with E-state index in [4.69, 9.17) is 9.47 Å². The molecule has 116 valence electrons. The summed E-state index contributed by atoms with van der Waals surface area (Å²) in [6, 6.07) is 7.94. The van der Waals surface area contributed by atoms with Crippen LogP contribution in [0.2, 0.25) is 0 Å². The smallest absolute Gasteiger partial charge is 0.328 e. The molecule has 0 saturated carbocycles. The summed E-state index contributed by atoms with van der Waals surface area (Å²) in [5.41, 5.74) is 2.21. The fraction of sp³-hybridized carbons (Fsp3) is 0.562. The maximum atomic E-state index is 11.6. The summed E-state index contributed by atoms with van der Waals surface area (Å²) in [5.74, 6) is -0.227. The highest BCUT2D eigenvalue weighted by Crippen LogP contribution is 2.14. The second-order valence-electron chi connectivity index (χ2n) is 5.21. The molecule has 2 rings (SSSR count). The number of ether oxygens (including phenoxy) is 2. The zero-order valence-corrected chi connectivity index (χ0v) is 12.8. The highest BCUT2D eigenvalue weighted by Gasteiger charge is 2.16. The summed E-state index contributed by atoms with van der Waals surface area (Å²) in [7, 11) is 1.41. The Bertz CT molecular complexity index is 441. The fourth-order valence-corrected chi connectivity index (χ4v) is 2.39. The van der Waals surface area contributed by atoms with Crippen LogP contribution in [0, 0.1) is 0 Å². The molecule has 1 aliphatic rings. The van der Waals surface area contributed by atoms with Crippen LogP contribution in [0.4, 0.5) is 5.69 Å². The minimum absolute atomic E-state index is 0.227. The Morgan fingerprint density at radius 1 is 1.33 bits per heavy atom. The lowest BCUT2D eigenvalue weighted by Gasteiger charge is -2.26. The summed E-state index contributed by atoms with van der Waals surface area (Å²) in [5, 5.41) is 3.20. The van der Waals surface area contributed by atoms with Crippen molar-refractivity contribution >= 4 is 11.7 Å². The molecule has 0 spiro atoms. The normalized spacial score (nSPS) is 17.2. The van der Waals surface area contributed by atoms with Gasteiger partial charge in [-0.3, -0.25) is 4.90 Å². The lowest BCUT2D eigenvalue weighted by atomic mass is 10.1. The molecule has 0 radical (unpaired) electrons. The van der Waals surface area contributed by atoms with E-state index in [0.717, 1.165) is 38.5 Å². The number of nitrogens with one attached hydrogen (secondary N) is 1. The second kappa shape index (κ2) is 8.00. The number of rotatable bonds is 6. The predicted octanol–water partition coefficient (Wildman–Crippen LogP) is 1.88. The second-order valence-corrected chi connectivity index (χ2v) is 5.21. The molecule has 1 N–H and O–H groups in total. The third-order valence-electron chi connectivity index (χ3n) is 3.70. The van der Waals surface area contributed by atoms with Crippen LogP contribution in [0.5, 0.6) is 0 Å². The molecule has 5 nitrogen and oxygen atoms in total. The van der Waals surface area contributed by atoms with Crippen molar-refractivity contribution in [3.8, 4) is 0 Å².